The Morgan fingerprint density at radius 1 is 1.46 bits per heavy atom. The van der Waals surface area contributed by atoms with E-state index >= 15 is 0 Å². The lowest BCUT2D eigenvalue weighted by atomic mass is 10.2. The van der Waals surface area contributed by atoms with E-state index in [4.69, 9.17) is 20.8 Å². The fourth-order valence-corrected chi connectivity index (χ4v) is 3.63. The number of aromatic nitrogens is 1. The number of amides is 1. The highest BCUT2D eigenvalue weighted by atomic mass is 79.9. The summed E-state index contributed by atoms with van der Waals surface area (Å²) in [6, 6.07) is 1.77. The van der Waals surface area contributed by atoms with E-state index in [1.807, 2.05) is 32.6 Å². The number of benzene rings is 1. The summed E-state index contributed by atoms with van der Waals surface area (Å²) in [5.74, 6) is -0.579. The van der Waals surface area contributed by atoms with Crippen molar-refractivity contribution in [3.05, 3.63) is 21.4 Å². The number of carbonyl (C=O) groups excluding carboxylic acids is 1. The number of carbonyl (C=O) groups is 1. The molecule has 6 nitrogen and oxygen atoms in total. The molecular formula is C17H20BrClFN3O3. The Kier molecular flexibility index (Phi) is 5.09. The minimum atomic E-state index is -0.579. The first-order valence-corrected chi connectivity index (χ1v) is 9.42. The number of oxazole rings is 1. The van der Waals surface area contributed by atoms with Crippen LogP contribution in [0.2, 0.25) is 5.02 Å². The number of halogens is 3. The Morgan fingerprint density at radius 3 is 2.77 bits per heavy atom. The van der Waals surface area contributed by atoms with Gasteiger partial charge in [0.1, 0.15) is 11.1 Å². The van der Waals surface area contributed by atoms with Crippen molar-refractivity contribution >= 4 is 50.7 Å². The highest BCUT2D eigenvalue weighted by Crippen LogP contribution is 2.35. The Labute approximate surface area is 164 Å². The molecule has 9 heteroatoms. The van der Waals surface area contributed by atoms with Gasteiger partial charge in [0.2, 0.25) is 0 Å². The van der Waals surface area contributed by atoms with E-state index < -0.39 is 11.4 Å². The van der Waals surface area contributed by atoms with Gasteiger partial charge < -0.3 is 19.0 Å². The molecule has 1 fully saturated rings. The highest BCUT2D eigenvalue weighted by molar-refractivity contribution is 9.10. The minimum absolute atomic E-state index is 0.0213. The van der Waals surface area contributed by atoms with Gasteiger partial charge in [-0.3, -0.25) is 0 Å². The summed E-state index contributed by atoms with van der Waals surface area (Å²) in [7, 11) is 0. The molecule has 0 unspecified atom stereocenters. The Bertz CT molecular complexity index is 852. The van der Waals surface area contributed by atoms with Crippen molar-refractivity contribution in [1.29, 1.82) is 0 Å². The van der Waals surface area contributed by atoms with Gasteiger partial charge in [-0.2, -0.15) is 4.98 Å². The van der Waals surface area contributed by atoms with Crippen LogP contribution in [-0.4, -0.2) is 47.3 Å². The number of fused-ring (bicyclic) bond motifs is 1. The molecule has 142 valence electrons. The van der Waals surface area contributed by atoms with Gasteiger partial charge in [0.25, 0.3) is 6.01 Å². The molecule has 2 aromatic rings. The third-order valence-corrected chi connectivity index (χ3v) is 5.02. The Balaban J connectivity index is 1.79. The van der Waals surface area contributed by atoms with Gasteiger partial charge in [-0.05, 0) is 49.7 Å². The molecule has 26 heavy (non-hydrogen) atoms. The van der Waals surface area contributed by atoms with E-state index in [0.29, 0.717) is 36.7 Å². The van der Waals surface area contributed by atoms with Crippen molar-refractivity contribution in [3.8, 4) is 0 Å². The first-order chi connectivity index (χ1) is 12.1. The van der Waals surface area contributed by atoms with Crippen LogP contribution < -0.4 is 4.90 Å². The summed E-state index contributed by atoms with van der Waals surface area (Å²) < 4.78 is 25.3. The number of piperazine rings is 1. The monoisotopic (exact) mass is 447 g/mol. The van der Waals surface area contributed by atoms with Gasteiger partial charge in [0.15, 0.2) is 11.4 Å². The largest absolute Gasteiger partial charge is 0.444 e. The summed E-state index contributed by atoms with van der Waals surface area (Å²) >= 11 is 9.02. The molecule has 0 radical (unpaired) electrons. The smallest absolute Gasteiger partial charge is 0.410 e. The van der Waals surface area contributed by atoms with Crippen LogP contribution in [-0.2, 0) is 4.74 Å². The quantitative estimate of drug-likeness (QED) is 0.585. The zero-order chi connectivity index (χ0) is 19.2. The van der Waals surface area contributed by atoms with E-state index in [0.717, 1.165) is 0 Å². The van der Waals surface area contributed by atoms with E-state index in [2.05, 4.69) is 20.9 Å². The molecular weight excluding hydrogens is 429 g/mol. The van der Waals surface area contributed by atoms with Gasteiger partial charge in [-0.1, -0.05) is 11.6 Å². The summed E-state index contributed by atoms with van der Waals surface area (Å²) in [5.41, 5.74) is 0.247. The maximum atomic E-state index is 13.9. The number of hydrogen-bond donors (Lipinski definition) is 0. The van der Waals surface area contributed by atoms with E-state index in [1.54, 1.807) is 4.90 Å². The Morgan fingerprint density at radius 2 is 2.15 bits per heavy atom. The molecule has 1 atom stereocenters. The van der Waals surface area contributed by atoms with Crippen LogP contribution >= 0.6 is 27.5 Å². The molecule has 0 N–H and O–H groups in total. The zero-order valence-corrected chi connectivity index (χ0v) is 17.3. The van der Waals surface area contributed by atoms with Gasteiger partial charge in [-0.15, -0.1) is 0 Å². The van der Waals surface area contributed by atoms with Crippen molar-refractivity contribution in [1.82, 2.24) is 9.88 Å². The normalized spacial score (nSPS) is 18.5. The molecule has 0 aliphatic carbocycles. The van der Waals surface area contributed by atoms with Gasteiger partial charge in [0, 0.05) is 25.7 Å². The predicted molar refractivity (Wildman–Crippen MR) is 101 cm³/mol. The molecule has 2 heterocycles. The highest BCUT2D eigenvalue weighted by Gasteiger charge is 2.32. The molecule has 1 saturated heterocycles. The van der Waals surface area contributed by atoms with Gasteiger partial charge in [-0.25, -0.2) is 9.18 Å². The van der Waals surface area contributed by atoms with Crippen molar-refractivity contribution in [2.45, 2.75) is 39.3 Å². The maximum absolute atomic E-state index is 13.9. The van der Waals surface area contributed by atoms with Crippen molar-refractivity contribution in [2.75, 3.05) is 24.5 Å². The van der Waals surface area contributed by atoms with Crippen LogP contribution in [0.4, 0.5) is 15.2 Å². The molecule has 1 aliphatic rings. The SMILES string of the molecule is C[C@H]1CN(C(=O)OC(C)(C)C)CCN1c1nc2cc(Cl)c(F)c(Br)c2o1. The first-order valence-electron chi connectivity index (χ1n) is 8.25. The van der Waals surface area contributed by atoms with E-state index in [-0.39, 0.29) is 21.6 Å². The number of rotatable bonds is 1. The van der Waals surface area contributed by atoms with Gasteiger partial charge in [0.05, 0.1) is 9.50 Å². The van der Waals surface area contributed by atoms with Crippen LogP contribution in [0, 0.1) is 5.82 Å². The summed E-state index contributed by atoms with van der Waals surface area (Å²) in [4.78, 5) is 20.3. The molecule has 0 spiro atoms. The minimum Gasteiger partial charge on any atom is -0.444 e. The number of nitrogens with zero attached hydrogens (tertiary/aromatic N) is 3. The standard InChI is InChI=1S/C17H20BrClFN3O3/c1-9-8-22(16(24)26-17(2,3)4)5-6-23(9)15-21-11-7-10(19)13(20)12(18)14(11)25-15/h7,9H,5-6,8H2,1-4H3/t9-/m0/s1. The summed E-state index contributed by atoms with van der Waals surface area (Å²) in [6.07, 6.45) is -0.335. The van der Waals surface area contributed by atoms with Crippen LogP contribution in [0.5, 0.6) is 0 Å². The second-order valence-electron chi connectivity index (χ2n) is 7.30. The van der Waals surface area contributed by atoms with Crippen LogP contribution in [0.15, 0.2) is 15.0 Å². The average Bonchev–Trinajstić information content (AvgIpc) is 2.94. The molecule has 1 aromatic heterocycles. The van der Waals surface area contributed by atoms with Crippen LogP contribution in [0.25, 0.3) is 11.1 Å². The predicted octanol–water partition coefficient (Wildman–Crippen LogP) is 4.83. The third-order valence-electron chi connectivity index (χ3n) is 4.03. The second-order valence-corrected chi connectivity index (χ2v) is 8.50. The summed E-state index contributed by atoms with van der Waals surface area (Å²) in [6.45, 7) is 8.97. The molecule has 1 aromatic carbocycles. The number of hydrogen-bond acceptors (Lipinski definition) is 5. The topological polar surface area (TPSA) is 58.8 Å². The third kappa shape index (κ3) is 3.76. The molecule has 0 saturated carbocycles. The van der Waals surface area contributed by atoms with E-state index in [1.165, 1.54) is 6.07 Å². The maximum Gasteiger partial charge on any atom is 0.410 e. The summed E-state index contributed by atoms with van der Waals surface area (Å²) in [5, 5.41) is -0.0213. The fourth-order valence-electron chi connectivity index (χ4n) is 2.82. The second kappa shape index (κ2) is 6.88. The van der Waals surface area contributed by atoms with Crippen molar-refractivity contribution < 1.29 is 18.3 Å². The zero-order valence-electron chi connectivity index (χ0n) is 15.0. The van der Waals surface area contributed by atoms with E-state index in [9.17, 15) is 9.18 Å². The molecule has 0 bridgehead atoms. The molecule has 3 rings (SSSR count). The van der Waals surface area contributed by atoms with Crippen molar-refractivity contribution in [2.24, 2.45) is 0 Å². The lowest BCUT2D eigenvalue weighted by Gasteiger charge is -2.39. The molecule has 1 aliphatic heterocycles. The lowest BCUT2D eigenvalue weighted by molar-refractivity contribution is 0.0216. The Hall–Kier alpha value is -1.54. The molecule has 1 amide bonds. The van der Waals surface area contributed by atoms with Crippen LogP contribution in [0.1, 0.15) is 27.7 Å². The lowest BCUT2D eigenvalue weighted by Crippen LogP contribution is -2.54. The van der Waals surface area contributed by atoms with Crippen molar-refractivity contribution in [3.63, 3.8) is 0 Å². The fraction of sp³-hybridized carbons (Fsp3) is 0.529. The number of anilines is 1. The number of ether oxygens (including phenoxy) is 1. The van der Waals surface area contributed by atoms with Crippen LogP contribution in [0.3, 0.4) is 0 Å². The average molecular weight is 449 g/mol. The first kappa shape index (κ1) is 19.2. The van der Waals surface area contributed by atoms with Gasteiger partial charge >= 0.3 is 6.09 Å².